The quantitative estimate of drug-likeness (QED) is 0.299. The summed E-state index contributed by atoms with van der Waals surface area (Å²) in [6, 6.07) is 10.5. The van der Waals surface area contributed by atoms with E-state index in [1.807, 2.05) is 0 Å². The van der Waals surface area contributed by atoms with E-state index in [0.29, 0.717) is 5.56 Å². The summed E-state index contributed by atoms with van der Waals surface area (Å²) in [7, 11) is 0. The van der Waals surface area contributed by atoms with Crippen LogP contribution in [0.2, 0.25) is 0 Å². The molecule has 2 aromatic rings. The number of carbonyl (C=O) groups is 3. The number of carbonyl (C=O) groups excluding carboxylic acids is 3. The van der Waals surface area contributed by atoms with Crippen LogP contribution in [-0.2, 0) is 4.79 Å². The minimum absolute atomic E-state index is 0.0516. The molecule has 0 spiro atoms. The molecule has 0 aromatic heterocycles. The molecule has 0 aliphatic carbocycles. The third-order valence-corrected chi connectivity index (χ3v) is 3.51. The molecule has 27 heavy (non-hydrogen) atoms. The van der Waals surface area contributed by atoms with Crippen LogP contribution in [0, 0.1) is 0 Å². The van der Waals surface area contributed by atoms with E-state index in [2.05, 4.69) is 16.0 Å². The molecule has 0 aliphatic rings. The number of nitrogens with one attached hydrogen (secondary N) is 3. The maximum Gasteiger partial charge on any atom is 0.251 e. The molecular weight excluding hydrogens is 354 g/mol. The molecule has 0 unspecified atom stereocenters. The van der Waals surface area contributed by atoms with Crippen molar-refractivity contribution in [2.24, 2.45) is 0 Å². The smallest absolute Gasteiger partial charge is 0.251 e. The van der Waals surface area contributed by atoms with Crippen LogP contribution >= 0.6 is 0 Å². The maximum atomic E-state index is 11.9. The summed E-state index contributed by atoms with van der Waals surface area (Å²) in [6.45, 7) is -0.0111. The Morgan fingerprint density at radius 3 is 1.93 bits per heavy atom. The molecule has 6 N–H and O–H groups in total. The summed E-state index contributed by atoms with van der Waals surface area (Å²) in [6.07, 6.45) is 0. The number of hydrogen-bond acceptors (Lipinski definition) is 6. The fourth-order valence-electron chi connectivity index (χ4n) is 2.13. The number of phenolic OH excluding ortho intramolecular Hbond substituents is 3. The highest BCUT2D eigenvalue weighted by Crippen LogP contribution is 2.35. The van der Waals surface area contributed by atoms with Crippen molar-refractivity contribution in [2.45, 2.75) is 0 Å². The Morgan fingerprint density at radius 1 is 0.741 bits per heavy atom. The van der Waals surface area contributed by atoms with Gasteiger partial charge in [-0.25, -0.2) is 0 Å². The minimum atomic E-state index is -0.712. The van der Waals surface area contributed by atoms with E-state index < -0.39 is 29.1 Å². The van der Waals surface area contributed by atoms with Crippen molar-refractivity contribution in [3.05, 3.63) is 53.6 Å². The number of hydrogen-bond donors (Lipinski definition) is 6. The monoisotopic (exact) mass is 373 g/mol. The molecule has 0 saturated heterocycles. The van der Waals surface area contributed by atoms with Crippen molar-refractivity contribution in [1.82, 2.24) is 16.0 Å². The minimum Gasteiger partial charge on any atom is -0.504 e. The van der Waals surface area contributed by atoms with Gasteiger partial charge in [0.1, 0.15) is 0 Å². The third kappa shape index (κ3) is 5.63. The lowest BCUT2D eigenvalue weighted by atomic mass is 10.1. The first kappa shape index (κ1) is 19.6. The molecule has 9 heteroatoms. The van der Waals surface area contributed by atoms with Gasteiger partial charge in [-0.2, -0.15) is 0 Å². The Kier molecular flexibility index (Phi) is 6.59. The van der Waals surface area contributed by atoms with Crippen molar-refractivity contribution in [1.29, 1.82) is 0 Å². The van der Waals surface area contributed by atoms with E-state index in [0.717, 1.165) is 12.1 Å². The lowest BCUT2D eigenvalue weighted by Crippen LogP contribution is -2.40. The molecule has 3 amide bonds. The van der Waals surface area contributed by atoms with Crippen LogP contribution in [0.25, 0.3) is 0 Å². The largest absolute Gasteiger partial charge is 0.504 e. The van der Waals surface area contributed by atoms with E-state index in [4.69, 9.17) is 0 Å². The van der Waals surface area contributed by atoms with Gasteiger partial charge in [0, 0.05) is 24.2 Å². The molecule has 0 saturated carbocycles. The Bertz CT molecular complexity index is 815. The molecule has 0 bridgehead atoms. The lowest BCUT2D eigenvalue weighted by molar-refractivity contribution is -0.120. The normalized spacial score (nSPS) is 10.1. The fraction of sp³-hybridized carbons (Fsp3) is 0.167. The molecular formula is C18H19N3O6. The highest BCUT2D eigenvalue weighted by molar-refractivity contribution is 5.96. The van der Waals surface area contributed by atoms with Crippen molar-refractivity contribution in [2.75, 3.05) is 19.6 Å². The molecule has 2 aromatic carbocycles. The first-order valence-corrected chi connectivity index (χ1v) is 8.01. The molecule has 0 aliphatic heterocycles. The van der Waals surface area contributed by atoms with Gasteiger partial charge in [-0.3, -0.25) is 14.4 Å². The van der Waals surface area contributed by atoms with Crippen molar-refractivity contribution < 1.29 is 29.7 Å². The van der Waals surface area contributed by atoms with Gasteiger partial charge < -0.3 is 31.3 Å². The number of amides is 3. The van der Waals surface area contributed by atoms with Gasteiger partial charge in [-0.15, -0.1) is 0 Å². The average Bonchev–Trinajstić information content (AvgIpc) is 2.67. The van der Waals surface area contributed by atoms with Gasteiger partial charge in [-0.1, -0.05) is 18.2 Å². The number of rotatable bonds is 7. The van der Waals surface area contributed by atoms with Crippen molar-refractivity contribution in [3.8, 4) is 17.2 Å². The number of aromatic hydroxyl groups is 3. The third-order valence-electron chi connectivity index (χ3n) is 3.51. The van der Waals surface area contributed by atoms with Gasteiger partial charge >= 0.3 is 0 Å². The zero-order valence-electron chi connectivity index (χ0n) is 14.2. The van der Waals surface area contributed by atoms with Crippen LogP contribution in [0.15, 0.2) is 42.5 Å². The lowest BCUT2D eigenvalue weighted by Gasteiger charge is -2.09. The summed E-state index contributed by atoms with van der Waals surface area (Å²) in [5.41, 5.74) is 0.391. The number of benzene rings is 2. The second kappa shape index (κ2) is 9.09. The second-order valence-corrected chi connectivity index (χ2v) is 5.52. The molecule has 142 valence electrons. The molecule has 0 atom stereocenters. The molecule has 0 fully saturated rings. The van der Waals surface area contributed by atoms with Crippen LogP contribution in [-0.4, -0.2) is 52.7 Å². The molecule has 2 rings (SSSR count). The Balaban J connectivity index is 1.69. The highest BCUT2D eigenvalue weighted by atomic mass is 16.3. The van der Waals surface area contributed by atoms with Gasteiger partial charge in [0.05, 0.1) is 6.54 Å². The highest BCUT2D eigenvalue weighted by Gasteiger charge is 2.13. The second-order valence-electron chi connectivity index (χ2n) is 5.52. The average molecular weight is 373 g/mol. The summed E-state index contributed by atoms with van der Waals surface area (Å²) >= 11 is 0. The van der Waals surface area contributed by atoms with E-state index >= 15 is 0 Å². The van der Waals surface area contributed by atoms with Crippen LogP contribution in [0.3, 0.4) is 0 Å². The molecule has 9 nitrogen and oxygen atoms in total. The predicted octanol–water partition coefficient (Wildman–Crippen LogP) is 0.0794. The van der Waals surface area contributed by atoms with E-state index in [-0.39, 0.29) is 31.1 Å². The predicted molar refractivity (Wildman–Crippen MR) is 95.6 cm³/mol. The van der Waals surface area contributed by atoms with Crippen LogP contribution in [0.4, 0.5) is 0 Å². The topological polar surface area (TPSA) is 148 Å². The number of phenols is 3. The summed E-state index contributed by atoms with van der Waals surface area (Å²) in [5.74, 6) is -3.35. The first-order chi connectivity index (χ1) is 12.9. The fourth-order valence-corrected chi connectivity index (χ4v) is 2.13. The van der Waals surface area contributed by atoms with Crippen molar-refractivity contribution >= 4 is 17.7 Å². The van der Waals surface area contributed by atoms with Crippen LogP contribution < -0.4 is 16.0 Å². The summed E-state index contributed by atoms with van der Waals surface area (Å²) in [5, 5.41) is 35.5. The first-order valence-electron chi connectivity index (χ1n) is 8.01. The molecule has 0 heterocycles. The standard InChI is InChI=1S/C18H19N3O6/c22-13-8-12(9-14(23)16(13)25)18(27)20-7-6-19-15(24)10-21-17(26)11-4-2-1-3-5-11/h1-5,8-9,22-23,25H,6-7,10H2,(H,19,24)(H,20,27)(H,21,26). The zero-order valence-corrected chi connectivity index (χ0v) is 14.2. The summed E-state index contributed by atoms with van der Waals surface area (Å²) < 4.78 is 0. The maximum absolute atomic E-state index is 11.9. The SMILES string of the molecule is O=C(CNC(=O)c1ccccc1)NCCNC(=O)c1cc(O)c(O)c(O)c1. The Labute approximate surface area is 154 Å². The van der Waals surface area contributed by atoms with Gasteiger partial charge in [-0.05, 0) is 24.3 Å². The Morgan fingerprint density at radius 2 is 1.30 bits per heavy atom. The van der Waals surface area contributed by atoms with Gasteiger partial charge in [0.15, 0.2) is 17.2 Å². The van der Waals surface area contributed by atoms with Gasteiger partial charge in [0.25, 0.3) is 11.8 Å². The zero-order chi connectivity index (χ0) is 19.8. The molecule has 0 radical (unpaired) electrons. The van der Waals surface area contributed by atoms with Gasteiger partial charge in [0.2, 0.25) is 5.91 Å². The van der Waals surface area contributed by atoms with E-state index in [1.165, 1.54) is 0 Å². The van der Waals surface area contributed by atoms with E-state index in [9.17, 15) is 29.7 Å². The van der Waals surface area contributed by atoms with Crippen LogP contribution in [0.5, 0.6) is 17.2 Å². The van der Waals surface area contributed by atoms with Crippen LogP contribution in [0.1, 0.15) is 20.7 Å². The summed E-state index contributed by atoms with van der Waals surface area (Å²) in [4.78, 5) is 35.4. The van der Waals surface area contributed by atoms with Crippen molar-refractivity contribution in [3.63, 3.8) is 0 Å². The van der Waals surface area contributed by atoms with E-state index in [1.54, 1.807) is 30.3 Å². The Hall–Kier alpha value is -3.75.